The van der Waals surface area contributed by atoms with Crippen molar-refractivity contribution in [2.45, 2.75) is 38.8 Å². The number of alkyl halides is 3. The summed E-state index contributed by atoms with van der Waals surface area (Å²) in [5.41, 5.74) is 1.27. The SMILES string of the molecule is Cc1cc(C(=O)OCc2ccccc2)n(CC2CCO2)c1-c1ccccc1C(F)(F)F. The van der Waals surface area contributed by atoms with E-state index in [0.29, 0.717) is 17.9 Å². The Bertz CT molecular complexity index is 1070. The van der Waals surface area contributed by atoms with Crippen molar-refractivity contribution in [1.82, 2.24) is 4.57 Å². The van der Waals surface area contributed by atoms with Crippen molar-refractivity contribution in [1.29, 1.82) is 0 Å². The molecule has 1 fully saturated rings. The number of benzene rings is 2. The van der Waals surface area contributed by atoms with E-state index in [1.165, 1.54) is 12.1 Å². The predicted molar refractivity (Wildman–Crippen MR) is 110 cm³/mol. The third-order valence-corrected chi connectivity index (χ3v) is 5.38. The van der Waals surface area contributed by atoms with E-state index in [1.807, 2.05) is 30.3 Å². The zero-order valence-electron chi connectivity index (χ0n) is 17.0. The van der Waals surface area contributed by atoms with E-state index in [4.69, 9.17) is 9.47 Å². The maximum absolute atomic E-state index is 13.7. The molecule has 1 aliphatic heterocycles. The van der Waals surface area contributed by atoms with Crippen molar-refractivity contribution in [2.75, 3.05) is 6.61 Å². The van der Waals surface area contributed by atoms with Gasteiger partial charge in [0, 0.05) is 18.7 Å². The first-order valence-corrected chi connectivity index (χ1v) is 10.0. The van der Waals surface area contributed by atoms with Gasteiger partial charge in [-0.1, -0.05) is 48.5 Å². The number of aromatic nitrogens is 1. The molecule has 1 aliphatic rings. The number of halogens is 3. The Morgan fingerprint density at radius 1 is 1.13 bits per heavy atom. The van der Waals surface area contributed by atoms with Crippen LogP contribution in [0.2, 0.25) is 0 Å². The van der Waals surface area contributed by atoms with Crippen LogP contribution >= 0.6 is 0 Å². The summed E-state index contributed by atoms with van der Waals surface area (Å²) in [6.45, 7) is 2.67. The predicted octanol–water partition coefficient (Wildman–Crippen LogP) is 5.63. The van der Waals surface area contributed by atoms with Crippen LogP contribution in [0.5, 0.6) is 0 Å². The Morgan fingerprint density at radius 2 is 1.81 bits per heavy atom. The molecular weight excluding hydrogens is 407 g/mol. The molecule has 0 radical (unpaired) electrons. The highest BCUT2D eigenvalue weighted by Gasteiger charge is 2.35. The topological polar surface area (TPSA) is 40.5 Å². The fraction of sp³-hybridized carbons (Fsp3) is 0.292. The molecule has 162 valence electrons. The zero-order valence-corrected chi connectivity index (χ0v) is 17.0. The van der Waals surface area contributed by atoms with Gasteiger partial charge >= 0.3 is 12.1 Å². The second kappa shape index (κ2) is 8.59. The summed E-state index contributed by atoms with van der Waals surface area (Å²) in [4.78, 5) is 12.9. The first-order valence-electron chi connectivity index (χ1n) is 10.0. The zero-order chi connectivity index (χ0) is 22.0. The molecule has 2 aromatic carbocycles. The van der Waals surface area contributed by atoms with Crippen LogP contribution < -0.4 is 0 Å². The molecule has 0 spiro atoms. The maximum atomic E-state index is 13.7. The average molecular weight is 429 g/mol. The monoisotopic (exact) mass is 429 g/mol. The van der Waals surface area contributed by atoms with Crippen molar-refractivity contribution >= 4 is 5.97 Å². The molecule has 0 amide bonds. The lowest BCUT2D eigenvalue weighted by Gasteiger charge is -2.29. The van der Waals surface area contributed by atoms with Crippen molar-refractivity contribution in [3.63, 3.8) is 0 Å². The molecule has 31 heavy (non-hydrogen) atoms. The molecule has 1 aromatic heterocycles. The molecule has 4 nitrogen and oxygen atoms in total. The van der Waals surface area contributed by atoms with Crippen LogP contribution in [-0.2, 0) is 28.8 Å². The third kappa shape index (κ3) is 4.51. The number of hydrogen-bond donors (Lipinski definition) is 0. The van der Waals surface area contributed by atoms with E-state index >= 15 is 0 Å². The van der Waals surface area contributed by atoms with Gasteiger partial charge in [-0.3, -0.25) is 0 Å². The van der Waals surface area contributed by atoms with Gasteiger partial charge in [-0.2, -0.15) is 13.2 Å². The molecule has 0 saturated carbocycles. The van der Waals surface area contributed by atoms with Crippen LogP contribution in [0, 0.1) is 6.92 Å². The van der Waals surface area contributed by atoms with Crippen molar-refractivity contribution in [3.05, 3.63) is 83.0 Å². The van der Waals surface area contributed by atoms with Gasteiger partial charge in [-0.25, -0.2) is 4.79 Å². The molecule has 0 N–H and O–H groups in total. The quantitative estimate of drug-likeness (QED) is 0.477. The largest absolute Gasteiger partial charge is 0.456 e. The van der Waals surface area contributed by atoms with Crippen molar-refractivity contribution in [3.8, 4) is 11.3 Å². The number of esters is 1. The molecule has 4 rings (SSSR count). The second-order valence-electron chi connectivity index (χ2n) is 7.56. The van der Waals surface area contributed by atoms with Crippen LogP contribution in [0.25, 0.3) is 11.3 Å². The molecule has 0 bridgehead atoms. The molecule has 2 heterocycles. The molecule has 1 saturated heterocycles. The van der Waals surface area contributed by atoms with Crippen molar-refractivity contribution < 1.29 is 27.4 Å². The lowest BCUT2D eigenvalue weighted by molar-refractivity contribution is -0.137. The first-order chi connectivity index (χ1) is 14.8. The minimum Gasteiger partial charge on any atom is -0.456 e. The van der Waals surface area contributed by atoms with Gasteiger partial charge in [-0.15, -0.1) is 0 Å². The van der Waals surface area contributed by atoms with Crippen LogP contribution in [-0.4, -0.2) is 23.2 Å². The number of carbonyl (C=O) groups excluding carboxylic acids is 1. The number of aryl methyl sites for hydroxylation is 1. The normalized spacial score (nSPS) is 16.1. The van der Waals surface area contributed by atoms with Gasteiger partial charge in [-0.05, 0) is 36.6 Å². The van der Waals surface area contributed by atoms with Gasteiger partial charge in [0.2, 0.25) is 0 Å². The molecule has 7 heteroatoms. The molecule has 1 unspecified atom stereocenters. The minimum absolute atomic E-state index is 0.0360. The number of ether oxygens (including phenoxy) is 2. The molecule has 3 aromatic rings. The average Bonchev–Trinajstić information content (AvgIpc) is 3.05. The van der Waals surface area contributed by atoms with Gasteiger partial charge in [0.05, 0.1) is 17.4 Å². The standard InChI is InChI=1S/C24H22F3NO3/c1-16-13-21(23(29)31-15-17-7-3-2-4-8-17)28(14-18-11-12-30-18)22(16)19-9-5-6-10-20(19)24(25,26)27/h2-10,13,18H,11-12,14-15H2,1H3. The van der Waals surface area contributed by atoms with Gasteiger partial charge in [0.15, 0.2) is 0 Å². The van der Waals surface area contributed by atoms with Crippen LogP contribution in [0.4, 0.5) is 13.2 Å². The Hall–Kier alpha value is -3.06. The highest BCUT2D eigenvalue weighted by atomic mass is 19.4. The highest BCUT2D eigenvalue weighted by Crippen LogP contribution is 2.39. The fourth-order valence-corrected chi connectivity index (χ4v) is 3.77. The van der Waals surface area contributed by atoms with Crippen LogP contribution in [0.1, 0.15) is 33.6 Å². The number of rotatable bonds is 6. The van der Waals surface area contributed by atoms with E-state index in [1.54, 1.807) is 23.6 Å². The molecule has 0 aliphatic carbocycles. The minimum atomic E-state index is -4.51. The fourth-order valence-electron chi connectivity index (χ4n) is 3.77. The van der Waals surface area contributed by atoms with Crippen LogP contribution in [0.15, 0.2) is 60.7 Å². The summed E-state index contributed by atoms with van der Waals surface area (Å²) in [5.74, 6) is -0.581. The summed E-state index contributed by atoms with van der Waals surface area (Å²) < 4.78 is 53.6. The van der Waals surface area contributed by atoms with Gasteiger partial charge in [0.1, 0.15) is 12.3 Å². The third-order valence-electron chi connectivity index (χ3n) is 5.38. The van der Waals surface area contributed by atoms with E-state index in [-0.39, 0.29) is 30.5 Å². The Labute approximate surface area is 178 Å². The number of nitrogens with zero attached hydrogens (tertiary/aromatic N) is 1. The summed E-state index contributed by atoms with van der Waals surface area (Å²) in [6, 6.07) is 16.2. The van der Waals surface area contributed by atoms with Crippen LogP contribution in [0.3, 0.4) is 0 Å². The first kappa shape index (κ1) is 21.2. The summed E-state index contributed by atoms with van der Waals surface area (Å²) in [6.07, 6.45) is -3.88. The van der Waals surface area contributed by atoms with E-state index in [0.717, 1.165) is 18.1 Å². The Morgan fingerprint density at radius 3 is 2.45 bits per heavy atom. The van der Waals surface area contributed by atoms with Crippen molar-refractivity contribution in [2.24, 2.45) is 0 Å². The summed E-state index contributed by atoms with van der Waals surface area (Å²) >= 11 is 0. The molecule has 1 atom stereocenters. The smallest absolute Gasteiger partial charge is 0.417 e. The lowest BCUT2D eigenvalue weighted by Crippen LogP contribution is -2.32. The Kier molecular flexibility index (Phi) is 5.87. The van der Waals surface area contributed by atoms with Gasteiger partial charge < -0.3 is 14.0 Å². The van der Waals surface area contributed by atoms with E-state index < -0.39 is 17.7 Å². The maximum Gasteiger partial charge on any atom is 0.417 e. The van der Waals surface area contributed by atoms with E-state index in [9.17, 15) is 18.0 Å². The highest BCUT2D eigenvalue weighted by molar-refractivity contribution is 5.90. The summed E-state index contributed by atoms with van der Waals surface area (Å²) in [7, 11) is 0. The number of hydrogen-bond acceptors (Lipinski definition) is 3. The Balaban J connectivity index is 1.73. The summed E-state index contributed by atoms with van der Waals surface area (Å²) in [5, 5.41) is 0. The second-order valence-corrected chi connectivity index (χ2v) is 7.56. The molecular formula is C24H22F3NO3. The lowest BCUT2D eigenvalue weighted by atomic mass is 10.0. The van der Waals surface area contributed by atoms with E-state index in [2.05, 4.69) is 0 Å². The number of carbonyl (C=O) groups is 1. The van der Waals surface area contributed by atoms with Gasteiger partial charge in [0.25, 0.3) is 0 Å².